The van der Waals surface area contributed by atoms with Crippen LogP contribution < -0.4 is 0 Å². The van der Waals surface area contributed by atoms with Gasteiger partial charge in [-0.15, -0.1) is 0 Å². The zero-order valence-electron chi connectivity index (χ0n) is 49.0. The fraction of sp³-hybridized carbons (Fsp3) is 0. The number of para-hydroxylation sites is 2. The average Bonchev–Trinajstić information content (AvgIpc) is 3.96. The van der Waals surface area contributed by atoms with Crippen LogP contribution >= 0.6 is 0 Å². The first-order chi connectivity index (χ1) is 34.8. The minimum atomic E-state index is -0.850. The number of nitrogens with zero attached hydrogens (tertiary/aromatic N) is 2. The SMILES string of the molecule is [2H]c1c([2H])c([2H])c(-c2c([2H])c(-c3ccc4oc5c(-c6c([2H])c([2H])c([2H])c(-c7c([2H])c([2H])c([2H])c8c7oc7c([2H])c([2H])c([2H])c([2H])c78)c6[2H])ncnc5c4c3)c([2H])c(-c3c([2H])c([2H])c([2H])c([2H])c3[2H])c2[2H])c([2H])c1[2H]. The van der Waals surface area contributed by atoms with Gasteiger partial charge in [0.15, 0.2) is 5.58 Å². The standard InChI is InChI=1S/C46H28N2O2/c1-3-11-29(12-4-1)34-24-35(30-13-5-2-6-14-30)26-36(25-34)31-21-22-42-40(27-31)44-46(50-42)43(47-28-48-44)33-16-9-15-32(23-33)37-18-10-19-39-38-17-7-8-20-41(38)49-45(37)39/h1-28H/i1D,2D,3D,4D,5D,6D,7D,8D,9D,10D,11D,12D,13D,14D,15D,16D,17D,18D,19D,20D,23D,24D,25D,26D. The second-order valence-electron chi connectivity index (χ2n) is 10.7. The third-order valence-corrected chi connectivity index (χ3v) is 7.84. The molecule has 0 atom stereocenters. The van der Waals surface area contributed by atoms with Crippen LogP contribution in [0.1, 0.15) is 32.9 Å². The second kappa shape index (κ2) is 11.4. The van der Waals surface area contributed by atoms with Gasteiger partial charge >= 0.3 is 0 Å². The lowest BCUT2D eigenvalue weighted by atomic mass is 9.93. The van der Waals surface area contributed by atoms with Crippen LogP contribution in [0.5, 0.6) is 0 Å². The second-order valence-corrected chi connectivity index (χ2v) is 10.7. The monoisotopic (exact) mass is 664 g/mol. The van der Waals surface area contributed by atoms with Crippen LogP contribution in [0, 0.1) is 0 Å². The van der Waals surface area contributed by atoms with E-state index >= 15 is 0 Å². The van der Waals surface area contributed by atoms with Gasteiger partial charge in [-0.1, -0.05) is 121 Å². The van der Waals surface area contributed by atoms with Crippen molar-refractivity contribution in [2.24, 2.45) is 0 Å². The van der Waals surface area contributed by atoms with E-state index < -0.39 is 201 Å². The zero-order chi connectivity index (χ0) is 53.9. The molecular weight excluding hydrogens is 613 g/mol. The van der Waals surface area contributed by atoms with E-state index in [2.05, 4.69) is 9.97 Å². The van der Waals surface area contributed by atoms with Gasteiger partial charge in [0.2, 0.25) is 0 Å². The molecule has 10 aromatic rings. The molecule has 0 aliphatic rings. The van der Waals surface area contributed by atoms with E-state index in [4.69, 9.17) is 36.2 Å². The van der Waals surface area contributed by atoms with E-state index in [1.807, 2.05) is 0 Å². The van der Waals surface area contributed by atoms with Crippen molar-refractivity contribution < 1.29 is 41.7 Å². The molecule has 0 saturated heterocycles. The number of furan rings is 2. The van der Waals surface area contributed by atoms with Crippen molar-refractivity contribution in [2.45, 2.75) is 0 Å². The molecule has 0 amide bonds. The third kappa shape index (κ3) is 4.69. The van der Waals surface area contributed by atoms with Gasteiger partial charge in [-0.05, 0) is 81.3 Å². The van der Waals surface area contributed by atoms with Crippen molar-refractivity contribution in [3.8, 4) is 55.8 Å². The maximum Gasteiger partial charge on any atom is 0.180 e. The summed E-state index contributed by atoms with van der Waals surface area (Å²) in [6.45, 7) is 0. The molecule has 234 valence electrons. The fourth-order valence-corrected chi connectivity index (χ4v) is 5.61. The summed E-state index contributed by atoms with van der Waals surface area (Å²) in [6.07, 6.45) is 1.01. The van der Waals surface area contributed by atoms with Crippen LogP contribution in [-0.4, -0.2) is 9.97 Å². The summed E-state index contributed by atoms with van der Waals surface area (Å²) >= 11 is 0. The van der Waals surface area contributed by atoms with Crippen molar-refractivity contribution in [1.82, 2.24) is 9.97 Å². The molecule has 0 spiro atoms. The van der Waals surface area contributed by atoms with Gasteiger partial charge in [0.25, 0.3) is 0 Å². The highest BCUT2D eigenvalue weighted by atomic mass is 16.3. The van der Waals surface area contributed by atoms with E-state index in [-0.39, 0.29) is 44.1 Å². The minimum Gasteiger partial charge on any atom is -0.455 e. The lowest BCUT2D eigenvalue weighted by Crippen LogP contribution is -1.88. The molecule has 10 rings (SSSR count). The maximum atomic E-state index is 9.55. The summed E-state index contributed by atoms with van der Waals surface area (Å²) in [5.41, 5.74) is -5.94. The molecule has 0 fully saturated rings. The number of aromatic nitrogens is 2. The number of fused-ring (bicyclic) bond motifs is 6. The highest BCUT2D eigenvalue weighted by Gasteiger charge is 2.18. The molecule has 0 radical (unpaired) electrons. The Labute approximate surface area is 321 Å². The van der Waals surface area contributed by atoms with E-state index in [0.29, 0.717) is 0 Å². The number of hydrogen-bond donors (Lipinski definition) is 0. The summed E-state index contributed by atoms with van der Waals surface area (Å²) in [7, 11) is 0. The molecular formula is C46H28N2O2. The molecule has 0 aliphatic heterocycles. The van der Waals surface area contributed by atoms with Crippen molar-refractivity contribution in [1.29, 1.82) is 0 Å². The lowest BCUT2D eigenvalue weighted by molar-refractivity contribution is 0.667. The smallest absolute Gasteiger partial charge is 0.180 e. The maximum absolute atomic E-state index is 9.55. The minimum absolute atomic E-state index is 0.0288. The van der Waals surface area contributed by atoms with Gasteiger partial charge in [0, 0.05) is 27.3 Å². The zero-order valence-corrected chi connectivity index (χ0v) is 25.0. The Morgan fingerprint density at radius 3 is 1.80 bits per heavy atom. The predicted octanol–water partition coefficient (Wildman–Crippen LogP) is 12.6. The van der Waals surface area contributed by atoms with Gasteiger partial charge < -0.3 is 8.83 Å². The van der Waals surface area contributed by atoms with E-state index in [0.717, 1.165) is 6.33 Å². The highest BCUT2D eigenvalue weighted by molar-refractivity contribution is 6.10. The molecule has 4 heteroatoms. The molecule has 4 nitrogen and oxygen atoms in total. The normalized spacial score (nSPS) is 18.3. The van der Waals surface area contributed by atoms with Gasteiger partial charge in [-0.2, -0.15) is 0 Å². The van der Waals surface area contributed by atoms with Crippen molar-refractivity contribution in [3.63, 3.8) is 0 Å². The molecule has 0 bridgehead atoms. The molecule has 50 heavy (non-hydrogen) atoms. The van der Waals surface area contributed by atoms with Crippen LogP contribution in [0.4, 0.5) is 0 Å². The molecule has 0 N–H and O–H groups in total. The van der Waals surface area contributed by atoms with E-state index in [1.54, 1.807) is 0 Å². The van der Waals surface area contributed by atoms with E-state index in [1.165, 1.54) is 18.2 Å². The van der Waals surface area contributed by atoms with Gasteiger partial charge in [-0.3, -0.25) is 0 Å². The Morgan fingerprint density at radius 2 is 1.02 bits per heavy atom. The van der Waals surface area contributed by atoms with Crippen molar-refractivity contribution >= 4 is 44.0 Å². The van der Waals surface area contributed by atoms with Gasteiger partial charge in [0.05, 0.1) is 32.9 Å². The third-order valence-electron chi connectivity index (χ3n) is 7.84. The molecule has 0 aliphatic carbocycles. The Morgan fingerprint density at radius 1 is 0.420 bits per heavy atom. The quantitative estimate of drug-likeness (QED) is 0.184. The summed E-state index contributed by atoms with van der Waals surface area (Å²) in [4.78, 5) is 8.70. The largest absolute Gasteiger partial charge is 0.455 e. The van der Waals surface area contributed by atoms with Crippen LogP contribution in [-0.2, 0) is 0 Å². The Balaban J connectivity index is 1.25. The lowest BCUT2D eigenvalue weighted by Gasteiger charge is -2.11. The van der Waals surface area contributed by atoms with Crippen LogP contribution in [0.15, 0.2) is 178 Å². The first-order valence-corrected chi connectivity index (χ1v) is 14.8. The Bertz CT molecular complexity index is 4110. The van der Waals surface area contributed by atoms with Gasteiger partial charge in [-0.25, -0.2) is 9.97 Å². The van der Waals surface area contributed by atoms with Crippen LogP contribution in [0.25, 0.3) is 99.8 Å². The molecule has 0 unspecified atom stereocenters. The van der Waals surface area contributed by atoms with Crippen LogP contribution in [0.2, 0.25) is 0 Å². The highest BCUT2D eigenvalue weighted by Crippen LogP contribution is 2.40. The number of rotatable bonds is 5. The number of hydrogen-bond acceptors (Lipinski definition) is 4. The van der Waals surface area contributed by atoms with E-state index in [9.17, 15) is 5.48 Å². The Kier molecular flexibility index (Phi) is 3.03. The number of benzene rings is 7. The van der Waals surface area contributed by atoms with Crippen molar-refractivity contribution in [3.05, 3.63) is 170 Å². The van der Waals surface area contributed by atoms with Crippen LogP contribution in [0.3, 0.4) is 0 Å². The molecule has 0 saturated carbocycles. The summed E-state index contributed by atoms with van der Waals surface area (Å²) in [5, 5.41) is -0.521. The first-order valence-electron chi connectivity index (χ1n) is 26.8. The van der Waals surface area contributed by atoms with Crippen molar-refractivity contribution in [2.75, 3.05) is 0 Å². The molecule has 7 aromatic carbocycles. The predicted molar refractivity (Wildman–Crippen MR) is 204 cm³/mol. The summed E-state index contributed by atoms with van der Waals surface area (Å²) < 4.78 is 222. The molecule has 3 heterocycles. The first kappa shape index (κ1) is 13.3. The fourth-order valence-electron chi connectivity index (χ4n) is 5.61. The van der Waals surface area contributed by atoms with Gasteiger partial charge in [0.1, 0.15) is 34.3 Å². The Hall–Kier alpha value is -6.78. The average molecular weight is 665 g/mol. The topological polar surface area (TPSA) is 52.1 Å². The summed E-state index contributed by atoms with van der Waals surface area (Å²) in [6, 6.07) is -14.4. The summed E-state index contributed by atoms with van der Waals surface area (Å²) in [5.74, 6) is 0. The molecule has 3 aromatic heterocycles.